The third kappa shape index (κ3) is 3.51. The monoisotopic (exact) mass is 276 g/mol. The van der Waals surface area contributed by atoms with Gasteiger partial charge in [0.2, 0.25) is 0 Å². The van der Waals surface area contributed by atoms with Gasteiger partial charge >= 0.3 is 0 Å². The zero-order chi connectivity index (χ0) is 14.5. The van der Waals surface area contributed by atoms with Gasteiger partial charge < -0.3 is 0 Å². The highest BCUT2D eigenvalue weighted by Crippen LogP contribution is 2.27. The molecular weight excluding hydrogens is 256 g/mol. The lowest BCUT2D eigenvalue weighted by atomic mass is 10.0. The molecule has 0 unspecified atom stereocenters. The molecule has 106 valence electrons. The molecule has 1 fully saturated rings. The van der Waals surface area contributed by atoms with Crippen molar-refractivity contribution in [2.45, 2.75) is 25.4 Å². The van der Waals surface area contributed by atoms with Gasteiger partial charge in [-0.05, 0) is 24.0 Å². The molecular formula is C19H20N2. The van der Waals surface area contributed by atoms with Crippen molar-refractivity contribution in [1.29, 1.82) is 5.26 Å². The Morgan fingerprint density at radius 3 is 2.19 bits per heavy atom. The minimum atomic E-state index is 0.169. The molecule has 1 heterocycles. The summed E-state index contributed by atoms with van der Waals surface area (Å²) in [6, 6.07) is 24.1. The van der Waals surface area contributed by atoms with Gasteiger partial charge in [0.1, 0.15) is 0 Å². The number of hydrogen-bond donors (Lipinski definition) is 0. The van der Waals surface area contributed by atoms with Gasteiger partial charge in [0.15, 0.2) is 0 Å². The van der Waals surface area contributed by atoms with Crippen molar-refractivity contribution in [2.24, 2.45) is 5.92 Å². The zero-order valence-electron chi connectivity index (χ0n) is 12.2. The Balaban J connectivity index is 1.72. The maximum Gasteiger partial charge on any atom is 0.0669 e. The number of nitriles is 1. The van der Waals surface area contributed by atoms with Crippen LogP contribution in [0.1, 0.15) is 17.5 Å². The van der Waals surface area contributed by atoms with Crippen LogP contribution < -0.4 is 0 Å². The minimum absolute atomic E-state index is 0.169. The highest BCUT2D eigenvalue weighted by atomic mass is 15.2. The quantitative estimate of drug-likeness (QED) is 0.852. The lowest BCUT2D eigenvalue weighted by molar-refractivity contribution is 0.242. The lowest BCUT2D eigenvalue weighted by Gasteiger charge is -2.24. The summed E-state index contributed by atoms with van der Waals surface area (Å²) in [6.45, 7) is 1.83. The summed E-state index contributed by atoms with van der Waals surface area (Å²) < 4.78 is 0. The summed E-state index contributed by atoms with van der Waals surface area (Å²) in [4.78, 5) is 2.47. The molecule has 2 atom stereocenters. The van der Waals surface area contributed by atoms with E-state index < -0.39 is 0 Å². The van der Waals surface area contributed by atoms with Gasteiger partial charge in [-0.25, -0.2) is 0 Å². The summed E-state index contributed by atoms with van der Waals surface area (Å²) in [5, 5.41) is 9.26. The first-order valence-electron chi connectivity index (χ1n) is 7.56. The van der Waals surface area contributed by atoms with E-state index in [-0.39, 0.29) is 5.92 Å². The van der Waals surface area contributed by atoms with Crippen molar-refractivity contribution in [3.05, 3.63) is 71.8 Å². The van der Waals surface area contributed by atoms with E-state index in [2.05, 4.69) is 65.6 Å². The molecule has 0 amide bonds. The van der Waals surface area contributed by atoms with Crippen LogP contribution in [0.5, 0.6) is 0 Å². The van der Waals surface area contributed by atoms with E-state index in [1.807, 2.05) is 6.07 Å². The first-order valence-corrected chi connectivity index (χ1v) is 7.56. The van der Waals surface area contributed by atoms with Crippen LogP contribution in [0.15, 0.2) is 60.7 Å². The SMILES string of the molecule is N#C[C@@H]1C[C@H](Cc2ccccc2)N(Cc2ccccc2)C1. The molecule has 0 aliphatic carbocycles. The molecule has 1 aliphatic heterocycles. The van der Waals surface area contributed by atoms with Gasteiger partial charge in [-0.15, -0.1) is 0 Å². The van der Waals surface area contributed by atoms with Crippen molar-refractivity contribution in [2.75, 3.05) is 6.54 Å². The van der Waals surface area contributed by atoms with Gasteiger partial charge in [0.25, 0.3) is 0 Å². The maximum atomic E-state index is 9.26. The van der Waals surface area contributed by atoms with Crippen molar-refractivity contribution < 1.29 is 0 Å². The molecule has 0 N–H and O–H groups in total. The number of hydrogen-bond acceptors (Lipinski definition) is 2. The van der Waals surface area contributed by atoms with Crippen molar-refractivity contribution in [3.63, 3.8) is 0 Å². The smallest absolute Gasteiger partial charge is 0.0669 e. The fourth-order valence-electron chi connectivity index (χ4n) is 3.19. The van der Waals surface area contributed by atoms with Crippen LogP contribution >= 0.6 is 0 Å². The van der Waals surface area contributed by atoms with E-state index in [9.17, 15) is 5.26 Å². The molecule has 2 nitrogen and oxygen atoms in total. The summed E-state index contributed by atoms with van der Waals surface area (Å²) in [5.41, 5.74) is 2.69. The van der Waals surface area contributed by atoms with Gasteiger partial charge in [0.05, 0.1) is 12.0 Å². The van der Waals surface area contributed by atoms with Gasteiger partial charge in [-0.2, -0.15) is 5.26 Å². The van der Waals surface area contributed by atoms with Crippen LogP contribution in [0, 0.1) is 17.2 Å². The lowest BCUT2D eigenvalue weighted by Crippen LogP contribution is -2.30. The average molecular weight is 276 g/mol. The molecule has 3 rings (SSSR count). The Kier molecular flexibility index (Phi) is 4.33. The minimum Gasteiger partial charge on any atom is -0.294 e. The molecule has 21 heavy (non-hydrogen) atoms. The molecule has 0 radical (unpaired) electrons. The van der Waals surface area contributed by atoms with Gasteiger partial charge in [0, 0.05) is 19.1 Å². The normalized spacial score (nSPS) is 22.0. The van der Waals surface area contributed by atoms with E-state index in [1.165, 1.54) is 11.1 Å². The topological polar surface area (TPSA) is 27.0 Å². The third-order valence-corrected chi connectivity index (χ3v) is 4.25. The third-order valence-electron chi connectivity index (χ3n) is 4.25. The van der Waals surface area contributed by atoms with Crippen LogP contribution in [0.25, 0.3) is 0 Å². The number of rotatable bonds is 4. The van der Waals surface area contributed by atoms with Crippen molar-refractivity contribution in [1.82, 2.24) is 4.90 Å². The Hall–Kier alpha value is -2.11. The first kappa shape index (κ1) is 13.9. The first-order chi connectivity index (χ1) is 10.3. The molecule has 0 aromatic heterocycles. The van der Waals surface area contributed by atoms with Crippen LogP contribution in [0.2, 0.25) is 0 Å². The van der Waals surface area contributed by atoms with Crippen LogP contribution in [-0.4, -0.2) is 17.5 Å². The van der Waals surface area contributed by atoms with E-state index >= 15 is 0 Å². The summed E-state index contributed by atoms with van der Waals surface area (Å²) in [5.74, 6) is 0.169. The van der Waals surface area contributed by atoms with E-state index in [1.54, 1.807) is 0 Å². The van der Waals surface area contributed by atoms with Crippen molar-refractivity contribution in [3.8, 4) is 6.07 Å². The van der Waals surface area contributed by atoms with E-state index in [4.69, 9.17) is 0 Å². The van der Waals surface area contributed by atoms with E-state index in [0.29, 0.717) is 6.04 Å². The molecule has 0 saturated carbocycles. The Bertz CT molecular complexity index is 551. The van der Waals surface area contributed by atoms with E-state index in [0.717, 1.165) is 25.9 Å². The second kappa shape index (κ2) is 6.56. The standard InChI is InChI=1S/C19H20N2/c20-13-18-12-19(11-16-7-3-1-4-8-16)21(15-18)14-17-9-5-2-6-10-17/h1-10,18-19H,11-12,14-15H2/t18-,19-/m0/s1. The molecule has 2 aromatic carbocycles. The summed E-state index contributed by atoms with van der Waals surface area (Å²) >= 11 is 0. The summed E-state index contributed by atoms with van der Waals surface area (Å²) in [7, 11) is 0. The van der Waals surface area contributed by atoms with Crippen LogP contribution in [0.4, 0.5) is 0 Å². The fourth-order valence-corrected chi connectivity index (χ4v) is 3.19. The molecule has 2 aromatic rings. The largest absolute Gasteiger partial charge is 0.294 e. The number of likely N-dealkylation sites (tertiary alicyclic amines) is 1. The second-order valence-corrected chi connectivity index (χ2v) is 5.82. The fraction of sp³-hybridized carbons (Fsp3) is 0.316. The predicted octanol–water partition coefficient (Wildman–Crippen LogP) is 3.64. The van der Waals surface area contributed by atoms with Crippen LogP contribution in [0.3, 0.4) is 0 Å². The number of nitrogens with zero attached hydrogens (tertiary/aromatic N) is 2. The maximum absolute atomic E-state index is 9.26. The molecule has 1 aliphatic rings. The molecule has 0 spiro atoms. The Labute approximate surface area is 126 Å². The second-order valence-electron chi connectivity index (χ2n) is 5.82. The number of benzene rings is 2. The Morgan fingerprint density at radius 2 is 1.57 bits per heavy atom. The van der Waals surface area contributed by atoms with Gasteiger partial charge in [-0.1, -0.05) is 60.7 Å². The summed E-state index contributed by atoms with van der Waals surface area (Å²) in [6.07, 6.45) is 2.02. The molecule has 2 heteroatoms. The van der Waals surface area contributed by atoms with Crippen molar-refractivity contribution >= 4 is 0 Å². The molecule has 1 saturated heterocycles. The Morgan fingerprint density at radius 1 is 0.952 bits per heavy atom. The van der Waals surface area contributed by atoms with Gasteiger partial charge in [-0.3, -0.25) is 4.90 Å². The predicted molar refractivity (Wildman–Crippen MR) is 84.5 cm³/mol. The zero-order valence-corrected chi connectivity index (χ0v) is 12.2. The highest BCUT2D eigenvalue weighted by Gasteiger charge is 2.31. The van der Waals surface area contributed by atoms with Crippen LogP contribution in [-0.2, 0) is 13.0 Å². The highest BCUT2D eigenvalue weighted by molar-refractivity contribution is 5.18. The molecule has 0 bridgehead atoms. The average Bonchev–Trinajstić information content (AvgIpc) is 2.91.